The minimum atomic E-state index is -3.77. The van der Waals surface area contributed by atoms with Crippen molar-refractivity contribution in [2.45, 2.75) is 134 Å². The van der Waals surface area contributed by atoms with Crippen molar-refractivity contribution in [2.24, 2.45) is 0 Å². The summed E-state index contributed by atoms with van der Waals surface area (Å²) in [6, 6.07) is 13.2. The maximum atomic E-state index is 15.3. The second-order valence-corrected chi connectivity index (χ2v) is 20.4. The van der Waals surface area contributed by atoms with Crippen molar-refractivity contribution in [2.75, 3.05) is 27.2 Å². The van der Waals surface area contributed by atoms with Gasteiger partial charge in [0.05, 0.1) is 54.0 Å². The van der Waals surface area contributed by atoms with E-state index in [0.29, 0.717) is 12.5 Å². The van der Waals surface area contributed by atoms with Gasteiger partial charge in [-0.1, -0.05) is 45.2 Å². The van der Waals surface area contributed by atoms with E-state index < -0.39 is 21.2 Å². The Hall–Kier alpha value is -4.42. The first kappa shape index (κ1) is 39.1. The highest BCUT2D eigenvalue weighted by Gasteiger charge is 2.45. The molecule has 2 atom stereocenters. The first-order valence-corrected chi connectivity index (χ1v) is 23.1. The zero-order chi connectivity index (χ0) is 40.6. The SMILES string of the molecule is COc1ccc2c(c1)C=C(c1c(C(=O)N3C4CCC3CN(C)C4)c(C(C)C)nn1C1CC1)Cn1c-2c(C2CCCCC2)c2ccc(CC(=O)NS(=O)(=O)C(C)C)cc21. The molecule has 4 aromatic rings. The van der Waals surface area contributed by atoms with Gasteiger partial charge in [-0.2, -0.15) is 5.10 Å². The quantitative estimate of drug-likeness (QED) is 0.173. The molecule has 2 saturated heterocycles. The van der Waals surface area contributed by atoms with Gasteiger partial charge in [0, 0.05) is 41.6 Å². The first-order chi connectivity index (χ1) is 27.8. The molecule has 12 heteroatoms. The summed E-state index contributed by atoms with van der Waals surface area (Å²) in [6.07, 6.45) is 12.1. The number of hydrogen-bond acceptors (Lipinski definition) is 7. The molecule has 4 fully saturated rings. The molecule has 2 bridgehead atoms. The maximum absolute atomic E-state index is 15.3. The van der Waals surface area contributed by atoms with E-state index in [0.717, 1.165) is 107 Å². The number of aromatic nitrogens is 3. The van der Waals surface area contributed by atoms with E-state index in [1.54, 1.807) is 21.0 Å². The number of methoxy groups -OCH3 is 1. The van der Waals surface area contributed by atoms with Gasteiger partial charge in [0.1, 0.15) is 5.75 Å². The number of carbonyl (C=O) groups excluding carboxylic acids is 2. The highest BCUT2D eigenvalue weighted by atomic mass is 32.2. The van der Waals surface area contributed by atoms with Crippen molar-refractivity contribution < 1.29 is 22.7 Å². The number of rotatable bonds is 10. The van der Waals surface area contributed by atoms with E-state index in [-0.39, 0.29) is 36.4 Å². The number of fused-ring (bicyclic) bond motifs is 7. The van der Waals surface area contributed by atoms with Crippen molar-refractivity contribution in [3.63, 3.8) is 0 Å². The molecule has 2 aliphatic carbocycles. The molecule has 2 unspecified atom stereocenters. The third-order valence-electron chi connectivity index (χ3n) is 13.4. The average Bonchev–Trinajstić information content (AvgIpc) is 3.84. The van der Waals surface area contributed by atoms with Crippen molar-refractivity contribution in [1.29, 1.82) is 0 Å². The van der Waals surface area contributed by atoms with Crippen LogP contribution >= 0.6 is 0 Å². The Morgan fingerprint density at radius 2 is 1.60 bits per heavy atom. The van der Waals surface area contributed by atoms with Gasteiger partial charge in [0.25, 0.3) is 5.91 Å². The van der Waals surface area contributed by atoms with Gasteiger partial charge in [-0.3, -0.25) is 19.0 Å². The van der Waals surface area contributed by atoms with Gasteiger partial charge in [-0.05, 0) is 124 Å². The van der Waals surface area contributed by atoms with Crippen LogP contribution in [0.5, 0.6) is 5.75 Å². The highest BCUT2D eigenvalue weighted by molar-refractivity contribution is 7.90. The van der Waals surface area contributed by atoms with Crippen LogP contribution in [-0.4, -0.2) is 89.0 Å². The molecular formula is C46H58N6O5S. The summed E-state index contributed by atoms with van der Waals surface area (Å²) in [5.74, 6) is 0.746. The smallest absolute Gasteiger partial charge is 0.258 e. The van der Waals surface area contributed by atoms with Crippen molar-refractivity contribution in [1.82, 2.24) is 28.9 Å². The Bertz CT molecular complexity index is 2420. The number of likely N-dealkylation sites (N-methyl/N-ethyl adjacent to an activating group) is 1. The molecule has 5 heterocycles. The van der Waals surface area contributed by atoms with Crippen LogP contribution in [-0.2, 0) is 27.8 Å². The molecule has 11 nitrogen and oxygen atoms in total. The third-order valence-corrected chi connectivity index (χ3v) is 15.1. The standard InChI is InChI=1S/C46H58N6O5S/c1-27(2)43-42(46(54)51-34-15-16-35(51)26-49(5)25-34)44(52(47-43)33-13-14-33)32-22-31-23-36(57-6)17-19-37(31)45-41(30-10-8-7-9-11-30)38-18-12-29(20-39(38)50(45)24-32)21-40(53)48-58(55,56)28(3)4/h12,17-20,22-23,27-28,30,33-35H,7-11,13-16,21,24-26H2,1-6H3,(H,48,53). The molecule has 3 aliphatic heterocycles. The number of piperazine rings is 1. The van der Waals surface area contributed by atoms with Gasteiger partial charge in [0.15, 0.2) is 0 Å². The van der Waals surface area contributed by atoms with Crippen molar-refractivity contribution >= 4 is 44.4 Å². The number of amides is 2. The van der Waals surface area contributed by atoms with Crippen LogP contribution in [0.4, 0.5) is 0 Å². The number of ether oxygens (including phenoxy) is 1. The van der Waals surface area contributed by atoms with Crippen LogP contribution in [0, 0.1) is 0 Å². The summed E-state index contributed by atoms with van der Waals surface area (Å²) in [4.78, 5) is 33.1. The lowest BCUT2D eigenvalue weighted by Gasteiger charge is -2.39. The van der Waals surface area contributed by atoms with E-state index in [9.17, 15) is 13.2 Å². The molecule has 2 aromatic heterocycles. The summed E-state index contributed by atoms with van der Waals surface area (Å²) >= 11 is 0. The lowest BCUT2D eigenvalue weighted by Crippen LogP contribution is -2.54. The summed E-state index contributed by atoms with van der Waals surface area (Å²) in [6.45, 7) is 9.70. The number of likely N-dealkylation sites (tertiary alicyclic amines) is 1. The van der Waals surface area contributed by atoms with E-state index in [1.807, 2.05) is 12.1 Å². The minimum absolute atomic E-state index is 0.0515. The summed E-state index contributed by atoms with van der Waals surface area (Å²) < 4.78 is 38.0. The van der Waals surface area contributed by atoms with E-state index in [2.05, 4.69) is 75.0 Å². The molecule has 58 heavy (non-hydrogen) atoms. The molecule has 1 N–H and O–H groups in total. The fourth-order valence-corrected chi connectivity index (χ4v) is 11.0. The number of allylic oxidation sites excluding steroid dienone is 1. The predicted octanol–water partition coefficient (Wildman–Crippen LogP) is 7.89. The number of sulfonamides is 1. The van der Waals surface area contributed by atoms with Gasteiger partial charge < -0.3 is 19.1 Å². The normalized spacial score (nSPS) is 21.3. The average molecular weight is 807 g/mol. The van der Waals surface area contributed by atoms with Crippen LogP contribution in [0.2, 0.25) is 0 Å². The predicted molar refractivity (Wildman–Crippen MR) is 229 cm³/mol. The van der Waals surface area contributed by atoms with Gasteiger partial charge in [-0.15, -0.1) is 0 Å². The van der Waals surface area contributed by atoms with Crippen LogP contribution in [0.3, 0.4) is 0 Å². The second-order valence-electron chi connectivity index (χ2n) is 18.2. The Morgan fingerprint density at radius 1 is 0.897 bits per heavy atom. The maximum Gasteiger partial charge on any atom is 0.258 e. The van der Waals surface area contributed by atoms with Crippen molar-refractivity contribution in [3.05, 3.63) is 70.0 Å². The second kappa shape index (κ2) is 15.0. The molecule has 308 valence electrons. The zero-order valence-corrected chi connectivity index (χ0v) is 35.7. The summed E-state index contributed by atoms with van der Waals surface area (Å²) in [5, 5.41) is 5.79. The summed E-state index contributed by atoms with van der Waals surface area (Å²) in [5.41, 5.74) is 9.97. The lowest BCUT2D eigenvalue weighted by molar-refractivity contribution is -0.118. The van der Waals surface area contributed by atoms with E-state index in [1.165, 1.54) is 30.5 Å². The van der Waals surface area contributed by atoms with Gasteiger partial charge in [-0.25, -0.2) is 8.42 Å². The molecule has 2 saturated carbocycles. The van der Waals surface area contributed by atoms with Crippen LogP contribution < -0.4 is 9.46 Å². The topological polar surface area (TPSA) is 119 Å². The number of benzene rings is 2. The Balaban J connectivity index is 1.25. The van der Waals surface area contributed by atoms with Gasteiger partial charge >= 0.3 is 0 Å². The largest absolute Gasteiger partial charge is 0.497 e. The van der Waals surface area contributed by atoms with Crippen LogP contribution in [0.15, 0.2) is 36.4 Å². The number of carbonyl (C=O) groups is 2. The molecule has 2 aromatic carbocycles. The van der Waals surface area contributed by atoms with Crippen molar-refractivity contribution in [3.8, 4) is 17.0 Å². The Kier molecular flexibility index (Phi) is 10.1. The van der Waals surface area contributed by atoms with Crippen LogP contribution in [0.1, 0.15) is 142 Å². The summed E-state index contributed by atoms with van der Waals surface area (Å²) in [7, 11) is 0.102. The fraction of sp³-hybridized carbons (Fsp3) is 0.543. The fourth-order valence-electron chi connectivity index (χ4n) is 10.4. The van der Waals surface area contributed by atoms with Crippen LogP contribution in [0.25, 0.3) is 33.8 Å². The highest BCUT2D eigenvalue weighted by Crippen LogP contribution is 2.49. The molecule has 2 amide bonds. The molecule has 5 aliphatic rings. The van der Waals surface area contributed by atoms with Gasteiger partial charge in [0.2, 0.25) is 15.9 Å². The molecule has 9 rings (SSSR count). The lowest BCUT2D eigenvalue weighted by atomic mass is 9.81. The molecule has 0 radical (unpaired) electrons. The minimum Gasteiger partial charge on any atom is -0.497 e. The molecular weight excluding hydrogens is 749 g/mol. The monoisotopic (exact) mass is 806 g/mol. The number of nitrogens with one attached hydrogen (secondary N) is 1. The molecule has 0 spiro atoms. The first-order valence-electron chi connectivity index (χ1n) is 21.5. The Morgan fingerprint density at radius 3 is 2.26 bits per heavy atom. The zero-order valence-electron chi connectivity index (χ0n) is 34.9. The van der Waals surface area contributed by atoms with E-state index in [4.69, 9.17) is 9.84 Å². The number of nitrogens with zero attached hydrogens (tertiary/aromatic N) is 5. The third kappa shape index (κ3) is 6.87. The number of hydrogen-bond donors (Lipinski definition) is 1. The Labute approximate surface area is 342 Å². The van der Waals surface area contributed by atoms with E-state index >= 15 is 4.79 Å².